The highest BCUT2D eigenvalue weighted by molar-refractivity contribution is 5.82. The normalized spacial score (nSPS) is 23.3. The van der Waals surface area contributed by atoms with Gasteiger partial charge in [-0.15, -0.1) is 0 Å². The minimum atomic E-state index is -0.524. The average molecular weight is 202 g/mol. The molecular weight excluding hydrogens is 188 g/mol. The second kappa shape index (κ2) is 5.74. The third-order valence-electron chi connectivity index (χ3n) is 1.88. The van der Waals surface area contributed by atoms with Crippen LogP contribution >= 0.6 is 0 Å². The second-order valence-corrected chi connectivity index (χ2v) is 2.91. The molecule has 0 bridgehead atoms. The van der Waals surface area contributed by atoms with E-state index in [1.165, 1.54) is 13.2 Å². The maximum Gasteiger partial charge on any atom is 0.330 e. The van der Waals surface area contributed by atoms with Crippen LogP contribution in [0, 0.1) is 0 Å². The first-order valence-electron chi connectivity index (χ1n) is 4.36. The van der Waals surface area contributed by atoms with Crippen molar-refractivity contribution in [3.05, 3.63) is 12.2 Å². The number of carbonyl (C=O) groups is 1. The van der Waals surface area contributed by atoms with Crippen molar-refractivity contribution in [1.29, 1.82) is 0 Å². The van der Waals surface area contributed by atoms with E-state index in [1.807, 2.05) is 0 Å². The summed E-state index contributed by atoms with van der Waals surface area (Å²) in [5.74, 6) is -0.402. The highest BCUT2D eigenvalue weighted by Gasteiger charge is 2.26. The first kappa shape index (κ1) is 11.2. The second-order valence-electron chi connectivity index (χ2n) is 2.91. The van der Waals surface area contributed by atoms with E-state index in [9.17, 15) is 4.79 Å². The lowest BCUT2D eigenvalue weighted by Crippen LogP contribution is -2.37. The number of aliphatic hydroxyl groups excluding tert-OH is 1. The zero-order valence-electron chi connectivity index (χ0n) is 8.01. The molecule has 0 radical (unpaired) electrons. The van der Waals surface area contributed by atoms with Crippen LogP contribution in [0.2, 0.25) is 0 Å². The highest BCUT2D eigenvalue weighted by Crippen LogP contribution is 2.13. The largest absolute Gasteiger partial charge is 0.456 e. The summed E-state index contributed by atoms with van der Waals surface area (Å²) in [5, 5.41) is 9.00. The minimum Gasteiger partial charge on any atom is -0.456 e. The van der Waals surface area contributed by atoms with Gasteiger partial charge in [-0.05, 0) is 0 Å². The number of methoxy groups -OCH3 is 1. The van der Waals surface area contributed by atoms with Crippen molar-refractivity contribution in [3.8, 4) is 0 Å². The third-order valence-corrected chi connectivity index (χ3v) is 1.88. The van der Waals surface area contributed by atoms with Gasteiger partial charge in [0.05, 0.1) is 6.61 Å². The Labute approximate surface area is 82.3 Å². The van der Waals surface area contributed by atoms with E-state index in [4.69, 9.17) is 19.3 Å². The van der Waals surface area contributed by atoms with Gasteiger partial charge in [-0.2, -0.15) is 0 Å². The zero-order valence-corrected chi connectivity index (χ0v) is 8.01. The third kappa shape index (κ3) is 3.10. The zero-order chi connectivity index (χ0) is 10.4. The molecule has 1 aliphatic heterocycles. The lowest BCUT2D eigenvalue weighted by Gasteiger charge is -2.25. The fourth-order valence-electron chi connectivity index (χ4n) is 1.20. The van der Waals surface area contributed by atoms with Gasteiger partial charge in [0.2, 0.25) is 0 Å². The molecule has 0 aliphatic carbocycles. The lowest BCUT2D eigenvalue weighted by molar-refractivity contribution is -0.166. The molecule has 0 aromatic rings. The molecule has 0 unspecified atom stereocenters. The number of cyclic esters (lactones) is 1. The molecule has 5 nitrogen and oxygen atoms in total. The standard InChI is InChI=1S/C9H14O5/c1-12-6-13-8(5-10)7-3-2-4-9(11)14-7/h2,4,7-8,10H,3,5-6H2,1H3/t7-,8-/m1/s1. The Balaban J connectivity index is 2.43. The van der Waals surface area contributed by atoms with Crippen LogP contribution in [-0.2, 0) is 19.0 Å². The Hall–Kier alpha value is -0.910. The number of rotatable bonds is 5. The molecule has 1 heterocycles. The fraction of sp³-hybridized carbons (Fsp3) is 0.667. The summed E-state index contributed by atoms with van der Waals surface area (Å²) in [5.41, 5.74) is 0. The van der Waals surface area contributed by atoms with Gasteiger partial charge in [-0.3, -0.25) is 0 Å². The van der Waals surface area contributed by atoms with Crippen LogP contribution in [0.15, 0.2) is 12.2 Å². The van der Waals surface area contributed by atoms with Crippen LogP contribution in [0.3, 0.4) is 0 Å². The first-order chi connectivity index (χ1) is 6.77. The summed E-state index contributed by atoms with van der Waals surface area (Å²) < 4.78 is 14.8. The summed E-state index contributed by atoms with van der Waals surface area (Å²) in [6.45, 7) is -0.127. The number of ether oxygens (including phenoxy) is 3. The van der Waals surface area contributed by atoms with Crippen molar-refractivity contribution >= 4 is 5.97 Å². The molecule has 0 saturated heterocycles. The Kier molecular flexibility index (Phi) is 4.58. The maximum absolute atomic E-state index is 10.9. The van der Waals surface area contributed by atoms with E-state index in [0.29, 0.717) is 6.42 Å². The monoisotopic (exact) mass is 202 g/mol. The topological polar surface area (TPSA) is 65.0 Å². The lowest BCUT2D eigenvalue weighted by atomic mass is 10.1. The van der Waals surface area contributed by atoms with Gasteiger partial charge in [0.1, 0.15) is 19.0 Å². The maximum atomic E-state index is 10.9. The SMILES string of the molecule is COCO[C@H](CO)[C@H]1CC=CC(=O)O1. The molecule has 5 heteroatoms. The molecule has 0 saturated carbocycles. The van der Waals surface area contributed by atoms with Gasteiger partial charge in [0.15, 0.2) is 0 Å². The van der Waals surface area contributed by atoms with E-state index in [1.54, 1.807) is 6.08 Å². The van der Waals surface area contributed by atoms with Crippen LogP contribution in [0.25, 0.3) is 0 Å². The van der Waals surface area contributed by atoms with E-state index >= 15 is 0 Å². The fourth-order valence-corrected chi connectivity index (χ4v) is 1.20. The van der Waals surface area contributed by atoms with Gasteiger partial charge in [-0.1, -0.05) is 6.08 Å². The highest BCUT2D eigenvalue weighted by atomic mass is 16.7. The van der Waals surface area contributed by atoms with E-state index in [-0.39, 0.29) is 13.4 Å². The Morgan fingerprint density at radius 1 is 1.79 bits per heavy atom. The van der Waals surface area contributed by atoms with Crippen molar-refractivity contribution in [2.24, 2.45) is 0 Å². The molecule has 0 aromatic carbocycles. The number of hydrogen-bond acceptors (Lipinski definition) is 5. The van der Waals surface area contributed by atoms with Crippen LogP contribution in [0.1, 0.15) is 6.42 Å². The molecule has 0 spiro atoms. The van der Waals surface area contributed by atoms with Crippen molar-refractivity contribution < 1.29 is 24.1 Å². The van der Waals surface area contributed by atoms with Gasteiger partial charge < -0.3 is 19.3 Å². The molecule has 1 rings (SSSR count). The number of esters is 1. The van der Waals surface area contributed by atoms with Crippen molar-refractivity contribution in [2.75, 3.05) is 20.5 Å². The molecule has 80 valence electrons. The van der Waals surface area contributed by atoms with E-state index in [0.717, 1.165) is 0 Å². The molecular formula is C9H14O5. The number of aliphatic hydroxyl groups is 1. The van der Waals surface area contributed by atoms with Crippen LogP contribution in [-0.4, -0.2) is 43.8 Å². The molecule has 1 N–H and O–H groups in total. The summed E-state index contributed by atoms with van der Waals surface area (Å²) in [7, 11) is 1.49. The van der Waals surface area contributed by atoms with Crippen molar-refractivity contribution in [3.63, 3.8) is 0 Å². The van der Waals surface area contributed by atoms with Gasteiger partial charge >= 0.3 is 5.97 Å². The Morgan fingerprint density at radius 2 is 2.57 bits per heavy atom. The van der Waals surface area contributed by atoms with Gasteiger partial charge in [0.25, 0.3) is 0 Å². The van der Waals surface area contributed by atoms with Gasteiger partial charge in [-0.25, -0.2) is 4.79 Å². The van der Waals surface area contributed by atoms with E-state index < -0.39 is 18.2 Å². The van der Waals surface area contributed by atoms with Crippen LogP contribution in [0.4, 0.5) is 0 Å². The Bertz CT molecular complexity index is 213. The first-order valence-corrected chi connectivity index (χ1v) is 4.36. The van der Waals surface area contributed by atoms with Gasteiger partial charge in [0, 0.05) is 19.6 Å². The minimum absolute atomic E-state index is 0.0724. The summed E-state index contributed by atoms with van der Waals surface area (Å²) >= 11 is 0. The number of carbonyl (C=O) groups excluding carboxylic acids is 1. The predicted octanol–water partition coefficient (Wildman–Crippen LogP) is -0.160. The van der Waals surface area contributed by atoms with Crippen molar-refractivity contribution in [1.82, 2.24) is 0 Å². The predicted molar refractivity (Wildman–Crippen MR) is 47.5 cm³/mol. The molecule has 0 aromatic heterocycles. The molecule has 2 atom stereocenters. The quantitative estimate of drug-likeness (QED) is 0.495. The smallest absolute Gasteiger partial charge is 0.330 e. The van der Waals surface area contributed by atoms with Crippen LogP contribution < -0.4 is 0 Å². The Morgan fingerprint density at radius 3 is 3.14 bits per heavy atom. The average Bonchev–Trinajstić information content (AvgIpc) is 2.19. The van der Waals surface area contributed by atoms with Crippen LogP contribution in [0.5, 0.6) is 0 Å². The summed E-state index contributed by atoms with van der Waals surface area (Å²) in [6, 6.07) is 0. The molecule has 0 amide bonds. The summed E-state index contributed by atoms with van der Waals surface area (Å²) in [6.07, 6.45) is 2.67. The molecule has 1 aliphatic rings. The van der Waals surface area contributed by atoms with E-state index in [2.05, 4.69) is 0 Å². The summed E-state index contributed by atoms with van der Waals surface area (Å²) in [4.78, 5) is 10.9. The molecule has 0 fully saturated rings. The number of hydrogen-bond donors (Lipinski definition) is 1. The van der Waals surface area contributed by atoms with Crippen molar-refractivity contribution in [2.45, 2.75) is 18.6 Å². The molecule has 14 heavy (non-hydrogen) atoms.